The molecule has 0 aromatic carbocycles. The molecule has 1 N–H and O–H groups in total. The lowest BCUT2D eigenvalue weighted by molar-refractivity contribution is -0.191. The Morgan fingerprint density at radius 2 is 1.26 bits per heavy atom. The Kier molecular flexibility index (Phi) is 32.8. The fourth-order valence-electron chi connectivity index (χ4n) is 0.320. The Bertz CT molecular complexity index is 290. The van der Waals surface area contributed by atoms with Gasteiger partial charge in [-0.2, -0.15) is 9.59 Å². The Hall–Kier alpha value is -2.53. The van der Waals surface area contributed by atoms with Crippen LogP contribution in [0.4, 0.5) is 0 Å². The highest BCUT2D eigenvalue weighted by atomic mass is 16.6. The number of esters is 2. The third-order valence-electron chi connectivity index (χ3n) is 0.621. The lowest BCUT2D eigenvalue weighted by atomic mass is 10.4. The number of hydrogen-bond acceptors (Lipinski definition) is 6. The van der Waals surface area contributed by atoms with Crippen molar-refractivity contribution >= 4 is 24.1 Å². The summed E-state index contributed by atoms with van der Waals surface area (Å²) in [6, 6.07) is 0. The first-order valence-corrected chi connectivity index (χ1v) is 4.79. The Balaban J connectivity index is -0.0000000833. The predicted octanol–water partition coefficient (Wildman–Crippen LogP) is 1.35. The zero-order valence-electron chi connectivity index (χ0n) is 11.2. The third kappa shape index (κ3) is 233. The second kappa shape index (κ2) is 24.6. The van der Waals surface area contributed by atoms with Gasteiger partial charge >= 0.3 is 18.1 Å². The first-order chi connectivity index (χ1) is 8.69. The lowest BCUT2D eigenvalue weighted by Gasteiger charge is -1.87. The van der Waals surface area contributed by atoms with Crippen LogP contribution < -0.4 is 0 Å². The van der Waals surface area contributed by atoms with E-state index < -0.39 is 17.9 Å². The van der Waals surface area contributed by atoms with E-state index in [0.717, 1.165) is 13.3 Å². The topological polar surface area (TPSA) is 115 Å². The van der Waals surface area contributed by atoms with Crippen molar-refractivity contribution < 1.29 is 33.8 Å². The van der Waals surface area contributed by atoms with Gasteiger partial charge in [0.1, 0.15) is 0 Å². The monoisotopic (exact) mass is 274 g/mol. The summed E-state index contributed by atoms with van der Waals surface area (Å²) in [5.41, 5.74) is 0. The summed E-state index contributed by atoms with van der Waals surface area (Å²) in [6.45, 7) is 10.4. The van der Waals surface area contributed by atoms with Crippen LogP contribution in [0, 0.1) is 0 Å². The van der Waals surface area contributed by atoms with E-state index in [0.29, 0.717) is 0 Å². The molecule has 0 atom stereocenters. The molecule has 0 saturated carbocycles. The maximum atomic E-state index is 9.81. The van der Waals surface area contributed by atoms with Crippen LogP contribution >= 0.6 is 0 Å². The van der Waals surface area contributed by atoms with Crippen LogP contribution in [0.5, 0.6) is 0 Å². The number of ether oxygens (including phenoxy) is 1. The fraction of sp³-hybridized carbons (Fsp3) is 0.333. The molecule has 0 saturated heterocycles. The summed E-state index contributed by atoms with van der Waals surface area (Å²) in [7, 11) is 0. The van der Waals surface area contributed by atoms with Crippen molar-refractivity contribution in [3.8, 4) is 0 Å². The number of rotatable bonds is 2. The maximum Gasteiger partial charge on any atom is 0.373 e. The van der Waals surface area contributed by atoms with Crippen molar-refractivity contribution in [2.75, 3.05) is 0 Å². The van der Waals surface area contributed by atoms with Gasteiger partial charge in [0.2, 0.25) is 0 Å². The van der Waals surface area contributed by atoms with Gasteiger partial charge in [-0.05, 0) is 6.42 Å². The highest BCUT2D eigenvalue weighted by Gasteiger charge is 1.93. The number of carboxylic acid groups (broad SMARTS) is 1. The number of aliphatic carboxylic acids is 1. The molecule has 0 bridgehead atoms. The molecule has 0 spiro atoms. The third-order valence-corrected chi connectivity index (χ3v) is 0.621. The van der Waals surface area contributed by atoms with Crippen molar-refractivity contribution in [1.82, 2.24) is 0 Å². The van der Waals surface area contributed by atoms with Crippen molar-refractivity contribution in [2.24, 2.45) is 0 Å². The first kappa shape index (κ1) is 25.3. The van der Waals surface area contributed by atoms with E-state index in [1.165, 1.54) is 13.8 Å². The average Bonchev–Trinajstić information content (AvgIpc) is 2.17. The second-order valence-corrected chi connectivity index (χ2v) is 2.50. The summed E-state index contributed by atoms with van der Waals surface area (Å²) < 4.78 is 3.97. The molecular formula is C12H18O7. The second-order valence-electron chi connectivity index (χ2n) is 2.50. The van der Waals surface area contributed by atoms with Crippen LogP contribution in [0.25, 0.3) is 0 Å². The van der Waals surface area contributed by atoms with E-state index >= 15 is 0 Å². The van der Waals surface area contributed by atoms with E-state index in [9.17, 15) is 9.59 Å². The van der Waals surface area contributed by atoms with E-state index in [2.05, 4.69) is 17.9 Å². The van der Waals surface area contributed by atoms with Gasteiger partial charge in [-0.25, -0.2) is 0 Å². The first-order valence-electron chi connectivity index (χ1n) is 4.79. The molecule has 0 radical (unpaired) electrons. The largest absolute Gasteiger partial charge is 0.481 e. The molecule has 0 aliphatic rings. The van der Waals surface area contributed by atoms with Gasteiger partial charge in [-0.15, -0.1) is 13.2 Å². The van der Waals surface area contributed by atoms with E-state index in [1.807, 2.05) is 12.2 Å². The molecular weight excluding hydrogens is 256 g/mol. The maximum absolute atomic E-state index is 9.81. The molecule has 0 unspecified atom stereocenters. The number of carbonyl (C=O) groups excluding carboxylic acids is 4. The van der Waals surface area contributed by atoms with Crippen LogP contribution in [0.2, 0.25) is 0 Å². The molecule has 0 aliphatic carbocycles. The molecule has 7 heteroatoms. The number of carboxylic acids is 1. The highest BCUT2D eigenvalue weighted by Crippen LogP contribution is 1.74. The Morgan fingerprint density at radius 1 is 1.05 bits per heavy atom. The molecule has 7 nitrogen and oxygen atoms in total. The molecule has 0 amide bonds. The van der Waals surface area contributed by atoms with Crippen LogP contribution in [-0.2, 0) is 28.7 Å². The molecule has 19 heavy (non-hydrogen) atoms. The van der Waals surface area contributed by atoms with Crippen LogP contribution in [0.3, 0.4) is 0 Å². The van der Waals surface area contributed by atoms with Crippen molar-refractivity contribution in [1.29, 1.82) is 0 Å². The summed E-state index contributed by atoms with van der Waals surface area (Å²) in [6.07, 6.45) is 4.79. The van der Waals surface area contributed by atoms with Gasteiger partial charge in [0.05, 0.1) is 0 Å². The van der Waals surface area contributed by atoms with E-state index in [-0.39, 0.29) is 6.15 Å². The van der Waals surface area contributed by atoms with Gasteiger partial charge in [0, 0.05) is 20.8 Å². The Morgan fingerprint density at radius 3 is 1.26 bits per heavy atom. The van der Waals surface area contributed by atoms with Gasteiger partial charge < -0.3 is 9.84 Å². The number of hydrogen-bond donors (Lipinski definition) is 1. The zero-order chi connectivity index (χ0) is 16.3. The number of allylic oxidation sites excluding steroid dienone is 2. The highest BCUT2D eigenvalue weighted by molar-refractivity contribution is 5.82. The molecule has 0 aliphatic heterocycles. The summed E-state index contributed by atoms with van der Waals surface area (Å²) in [5.74, 6) is -1.96. The molecule has 108 valence electrons. The lowest BCUT2D eigenvalue weighted by Crippen LogP contribution is -2.03. The summed E-state index contributed by atoms with van der Waals surface area (Å²) in [5, 5.41) is 7.42. The molecule has 0 aromatic heterocycles. The van der Waals surface area contributed by atoms with E-state index in [4.69, 9.17) is 19.5 Å². The van der Waals surface area contributed by atoms with Gasteiger partial charge in [-0.3, -0.25) is 14.4 Å². The normalized spacial score (nSPS) is 6.26. The molecule has 0 rings (SSSR count). The standard InChI is InChI=1S/C5H8.C4H6O3.C2H4O2.CO2/c1-3-5-4-2;1-3(5)7-4(2)6;1-2(3)4;2-1-3/h3-4H,1-2,5H2;1-2H3;1H3,(H,3,4);. The number of carbonyl (C=O) groups is 3. The Labute approximate surface area is 111 Å². The smallest absolute Gasteiger partial charge is 0.373 e. The summed E-state index contributed by atoms with van der Waals surface area (Å²) in [4.78, 5) is 44.9. The van der Waals surface area contributed by atoms with Crippen molar-refractivity contribution in [3.63, 3.8) is 0 Å². The molecule has 0 heterocycles. The van der Waals surface area contributed by atoms with Crippen molar-refractivity contribution in [2.45, 2.75) is 27.2 Å². The van der Waals surface area contributed by atoms with Gasteiger partial charge in [0.15, 0.2) is 0 Å². The molecule has 0 fully saturated rings. The van der Waals surface area contributed by atoms with Gasteiger partial charge in [-0.1, -0.05) is 12.2 Å². The minimum Gasteiger partial charge on any atom is -0.481 e. The minimum absolute atomic E-state index is 0.250. The van der Waals surface area contributed by atoms with E-state index in [1.54, 1.807) is 0 Å². The SMILES string of the molecule is C=CCC=C.CC(=O)O.CC(=O)OC(C)=O.O=C=O. The molecule has 0 aromatic rings. The van der Waals surface area contributed by atoms with Crippen molar-refractivity contribution in [3.05, 3.63) is 25.3 Å². The fourth-order valence-corrected chi connectivity index (χ4v) is 0.320. The zero-order valence-corrected chi connectivity index (χ0v) is 11.2. The average molecular weight is 274 g/mol. The summed E-state index contributed by atoms with van der Waals surface area (Å²) >= 11 is 0. The van der Waals surface area contributed by atoms with Crippen LogP contribution in [-0.4, -0.2) is 29.2 Å². The minimum atomic E-state index is -0.833. The predicted molar refractivity (Wildman–Crippen MR) is 65.8 cm³/mol. The van der Waals surface area contributed by atoms with Gasteiger partial charge in [0.25, 0.3) is 5.97 Å². The van der Waals surface area contributed by atoms with Crippen LogP contribution in [0.1, 0.15) is 27.2 Å². The quantitative estimate of drug-likeness (QED) is 0.459. The van der Waals surface area contributed by atoms with Crippen LogP contribution in [0.15, 0.2) is 25.3 Å².